The number of nitrogens with one attached hydrogen (secondary N) is 1. The number of fused-ring (bicyclic) bond motifs is 1. The van der Waals surface area contributed by atoms with Crippen molar-refractivity contribution in [2.75, 3.05) is 26.1 Å². The first-order valence-electron chi connectivity index (χ1n) is 12.3. The van der Waals surface area contributed by atoms with E-state index in [1.165, 1.54) is 31.4 Å². The molecule has 6 heteroatoms. The Kier molecular flexibility index (Phi) is 8.07. The molecular weight excluding hydrogens is 454 g/mol. The predicted molar refractivity (Wildman–Crippen MR) is 145 cm³/mol. The molecule has 2 N–H and O–H groups in total. The van der Waals surface area contributed by atoms with E-state index in [2.05, 4.69) is 59.0 Å². The van der Waals surface area contributed by atoms with Crippen molar-refractivity contribution >= 4 is 11.6 Å². The molecule has 0 saturated heterocycles. The van der Waals surface area contributed by atoms with E-state index in [0.717, 1.165) is 17.7 Å². The Labute approximate surface area is 215 Å². The Hall–Kier alpha value is -3.41. The number of amides is 1. The van der Waals surface area contributed by atoms with Crippen molar-refractivity contribution in [1.29, 1.82) is 0 Å². The van der Waals surface area contributed by atoms with Crippen LogP contribution in [0.5, 0.6) is 17.2 Å². The van der Waals surface area contributed by atoms with Gasteiger partial charge in [-0.3, -0.25) is 4.79 Å². The van der Waals surface area contributed by atoms with E-state index in [1.54, 1.807) is 30.4 Å². The third-order valence-corrected chi connectivity index (χ3v) is 7.41. The van der Waals surface area contributed by atoms with Crippen molar-refractivity contribution in [3.63, 3.8) is 0 Å². The summed E-state index contributed by atoms with van der Waals surface area (Å²) in [6.45, 7) is 14.0. The summed E-state index contributed by atoms with van der Waals surface area (Å²) in [4.78, 5) is 12.4. The maximum Gasteiger partial charge on any atom is 0.290 e. The lowest BCUT2D eigenvalue weighted by Gasteiger charge is -2.46. The molecule has 6 nitrogen and oxygen atoms in total. The van der Waals surface area contributed by atoms with E-state index in [0.29, 0.717) is 29.7 Å². The maximum absolute atomic E-state index is 12.4. The summed E-state index contributed by atoms with van der Waals surface area (Å²) >= 11 is 0. The summed E-state index contributed by atoms with van der Waals surface area (Å²) in [6, 6.07) is 9.60. The number of hydrogen-bond acceptors (Lipinski definition) is 5. The van der Waals surface area contributed by atoms with Crippen molar-refractivity contribution in [2.24, 2.45) is 5.92 Å². The zero-order valence-corrected chi connectivity index (χ0v) is 22.7. The highest BCUT2D eigenvalue weighted by Gasteiger charge is 2.42. The molecule has 1 aliphatic rings. The van der Waals surface area contributed by atoms with Crippen molar-refractivity contribution in [3.8, 4) is 17.2 Å². The first-order chi connectivity index (χ1) is 16.9. The molecule has 1 aliphatic carbocycles. The summed E-state index contributed by atoms with van der Waals surface area (Å²) in [5.74, 6) is 1.19. The van der Waals surface area contributed by atoms with Gasteiger partial charge in [0.1, 0.15) is 29.5 Å². The molecule has 1 atom stereocenters. The zero-order chi connectivity index (χ0) is 26.7. The van der Waals surface area contributed by atoms with E-state index in [1.807, 2.05) is 0 Å². The van der Waals surface area contributed by atoms with Crippen LogP contribution in [0.2, 0.25) is 0 Å². The number of allylic oxidation sites excluding steroid dienone is 2. The first kappa shape index (κ1) is 27.2. The number of ether oxygens (including phenoxy) is 3. The van der Waals surface area contributed by atoms with Crippen molar-refractivity contribution in [1.82, 2.24) is 0 Å². The van der Waals surface area contributed by atoms with Crippen LogP contribution < -0.4 is 19.5 Å². The molecule has 0 bridgehead atoms. The van der Waals surface area contributed by atoms with Gasteiger partial charge in [0.2, 0.25) is 0 Å². The van der Waals surface area contributed by atoms with Gasteiger partial charge in [-0.2, -0.15) is 0 Å². The van der Waals surface area contributed by atoms with Crippen LogP contribution in [0.3, 0.4) is 0 Å². The Morgan fingerprint density at radius 1 is 1.08 bits per heavy atom. The Morgan fingerprint density at radius 3 is 2.33 bits per heavy atom. The van der Waals surface area contributed by atoms with Crippen LogP contribution >= 0.6 is 0 Å². The summed E-state index contributed by atoms with van der Waals surface area (Å²) in [5, 5.41) is 12.8. The van der Waals surface area contributed by atoms with Gasteiger partial charge in [-0.15, -0.1) is 0 Å². The van der Waals surface area contributed by atoms with Gasteiger partial charge in [0.05, 0.1) is 14.2 Å². The molecule has 0 heterocycles. The van der Waals surface area contributed by atoms with Gasteiger partial charge in [-0.1, -0.05) is 52.8 Å². The van der Waals surface area contributed by atoms with Crippen LogP contribution in [0.15, 0.2) is 54.3 Å². The number of aryl methyl sites for hydroxylation is 1. The van der Waals surface area contributed by atoms with Gasteiger partial charge < -0.3 is 24.6 Å². The second kappa shape index (κ2) is 10.7. The second-order valence-electron chi connectivity index (χ2n) is 10.7. The SMILES string of the molecule is COc1cccc(OC)c1NC(=O)/C(O)=C/C=C\COc1cc2c(cc1C)C(C)(C)C(C)CC2(C)C. The summed E-state index contributed by atoms with van der Waals surface area (Å²) in [7, 11) is 2.99. The molecular formula is C30H39NO5. The fourth-order valence-corrected chi connectivity index (χ4v) is 4.91. The Bertz CT molecular complexity index is 1150. The third kappa shape index (κ3) is 5.53. The quantitative estimate of drug-likeness (QED) is 0.245. The fourth-order valence-electron chi connectivity index (χ4n) is 4.91. The maximum atomic E-state index is 12.4. The number of carbonyl (C=O) groups is 1. The number of aliphatic hydroxyl groups excluding tert-OH is 1. The van der Waals surface area contributed by atoms with E-state index in [9.17, 15) is 9.90 Å². The molecule has 0 aromatic heterocycles. The van der Waals surface area contributed by atoms with Crippen molar-refractivity contribution in [2.45, 2.75) is 58.8 Å². The fraction of sp³-hybridized carbons (Fsp3) is 0.433. The van der Waals surface area contributed by atoms with Gasteiger partial charge in [0.25, 0.3) is 5.91 Å². The third-order valence-electron chi connectivity index (χ3n) is 7.41. The average Bonchev–Trinajstić information content (AvgIpc) is 2.83. The minimum Gasteiger partial charge on any atom is -0.503 e. The van der Waals surface area contributed by atoms with Crippen LogP contribution in [-0.2, 0) is 15.6 Å². The highest BCUT2D eigenvalue weighted by molar-refractivity contribution is 6.04. The number of rotatable bonds is 8. The van der Waals surface area contributed by atoms with Gasteiger partial charge in [0.15, 0.2) is 5.76 Å². The topological polar surface area (TPSA) is 77.0 Å². The first-order valence-corrected chi connectivity index (χ1v) is 12.3. The Balaban J connectivity index is 1.68. The molecule has 1 amide bonds. The summed E-state index contributed by atoms with van der Waals surface area (Å²) in [5.41, 5.74) is 4.39. The molecule has 0 saturated carbocycles. The standard InChI is InChI=1S/C30H39NO5/c1-19-16-22-21(29(3,4)18-20(2)30(22,5)6)17-26(19)36-15-10-9-12-23(32)28(33)31-27-24(34-7)13-11-14-25(27)35-8/h9-14,16-17,20,32H,15,18H2,1-8H3,(H,31,33)/b10-9-,23-12-. The molecule has 0 aliphatic heterocycles. The lowest BCUT2D eigenvalue weighted by molar-refractivity contribution is -0.115. The zero-order valence-electron chi connectivity index (χ0n) is 22.7. The number of aliphatic hydroxyl groups is 1. The molecule has 2 aromatic rings. The van der Waals surface area contributed by atoms with Gasteiger partial charge in [-0.05, 0) is 77.1 Å². The minimum atomic E-state index is -0.673. The summed E-state index contributed by atoms with van der Waals surface area (Å²) in [6.07, 6.45) is 5.80. The molecule has 0 radical (unpaired) electrons. The summed E-state index contributed by atoms with van der Waals surface area (Å²) < 4.78 is 16.6. The lowest BCUT2D eigenvalue weighted by atomic mass is 9.58. The number of hydrogen-bond donors (Lipinski definition) is 2. The van der Waals surface area contributed by atoms with Crippen LogP contribution in [0.25, 0.3) is 0 Å². The van der Waals surface area contributed by atoms with Gasteiger partial charge >= 0.3 is 0 Å². The smallest absolute Gasteiger partial charge is 0.290 e. The number of para-hydroxylation sites is 1. The molecule has 0 spiro atoms. The van der Waals surface area contributed by atoms with Crippen LogP contribution in [-0.4, -0.2) is 31.8 Å². The van der Waals surface area contributed by atoms with Gasteiger partial charge in [-0.25, -0.2) is 0 Å². The largest absolute Gasteiger partial charge is 0.503 e. The van der Waals surface area contributed by atoms with E-state index < -0.39 is 11.7 Å². The van der Waals surface area contributed by atoms with E-state index >= 15 is 0 Å². The molecule has 36 heavy (non-hydrogen) atoms. The molecule has 1 unspecified atom stereocenters. The van der Waals surface area contributed by atoms with Crippen LogP contribution in [0.4, 0.5) is 5.69 Å². The highest BCUT2D eigenvalue weighted by atomic mass is 16.5. The Morgan fingerprint density at radius 2 is 1.72 bits per heavy atom. The van der Waals surface area contributed by atoms with Gasteiger partial charge in [0, 0.05) is 0 Å². The van der Waals surface area contributed by atoms with E-state index in [4.69, 9.17) is 14.2 Å². The molecule has 3 rings (SSSR count). The molecule has 2 aromatic carbocycles. The number of anilines is 1. The lowest BCUT2D eigenvalue weighted by Crippen LogP contribution is -2.40. The molecule has 0 fully saturated rings. The number of methoxy groups -OCH3 is 2. The van der Waals surface area contributed by atoms with Crippen molar-refractivity contribution < 1.29 is 24.1 Å². The predicted octanol–water partition coefficient (Wildman–Crippen LogP) is 6.62. The number of benzene rings is 2. The number of carbonyl (C=O) groups excluding carboxylic acids is 1. The van der Waals surface area contributed by atoms with Crippen LogP contribution in [0.1, 0.15) is 57.7 Å². The normalized spacial score (nSPS) is 18.4. The van der Waals surface area contributed by atoms with Crippen molar-refractivity contribution in [3.05, 3.63) is 71.0 Å². The second-order valence-corrected chi connectivity index (χ2v) is 10.7. The minimum absolute atomic E-state index is 0.0813. The van der Waals surface area contributed by atoms with E-state index in [-0.39, 0.29) is 10.8 Å². The average molecular weight is 494 g/mol. The molecule has 194 valence electrons. The highest BCUT2D eigenvalue weighted by Crippen LogP contribution is 2.50. The monoisotopic (exact) mass is 493 g/mol. The van der Waals surface area contributed by atoms with Crippen LogP contribution in [0, 0.1) is 12.8 Å².